The second-order valence-electron chi connectivity index (χ2n) is 5.83. The average Bonchev–Trinajstić information content (AvgIpc) is 3.03. The standard InChI is InChI=1S/C16H22ClN3O2/c17-14-5-1-2-6-15(14)18-16(21)20-9-7-19(8-10-20)12-13-4-3-11-22-13/h1-2,5-6,13H,3-4,7-12H2,(H,18,21). The molecule has 2 aliphatic heterocycles. The van der Waals surface area contributed by atoms with Crippen LogP contribution in [0.15, 0.2) is 24.3 Å². The number of carbonyl (C=O) groups is 1. The van der Waals surface area contributed by atoms with E-state index in [1.807, 2.05) is 23.1 Å². The van der Waals surface area contributed by atoms with Crippen molar-refractivity contribution < 1.29 is 9.53 Å². The van der Waals surface area contributed by atoms with Gasteiger partial charge in [-0.1, -0.05) is 23.7 Å². The van der Waals surface area contributed by atoms with Crippen molar-refractivity contribution in [3.05, 3.63) is 29.3 Å². The summed E-state index contributed by atoms with van der Waals surface area (Å²) in [5, 5.41) is 3.44. The number of nitrogens with zero attached hydrogens (tertiary/aromatic N) is 2. The Morgan fingerprint density at radius 2 is 2.05 bits per heavy atom. The van der Waals surface area contributed by atoms with Crippen LogP contribution in [0.3, 0.4) is 0 Å². The predicted molar refractivity (Wildman–Crippen MR) is 87.5 cm³/mol. The van der Waals surface area contributed by atoms with Crippen LogP contribution in [0.25, 0.3) is 0 Å². The molecule has 2 amide bonds. The number of hydrogen-bond acceptors (Lipinski definition) is 3. The van der Waals surface area contributed by atoms with E-state index in [2.05, 4.69) is 10.2 Å². The van der Waals surface area contributed by atoms with Gasteiger partial charge in [0.05, 0.1) is 16.8 Å². The molecule has 1 N–H and O–H groups in total. The summed E-state index contributed by atoms with van der Waals surface area (Å²) in [5.41, 5.74) is 0.663. The maximum absolute atomic E-state index is 12.3. The van der Waals surface area contributed by atoms with Gasteiger partial charge >= 0.3 is 6.03 Å². The van der Waals surface area contributed by atoms with Crippen LogP contribution < -0.4 is 5.32 Å². The van der Waals surface area contributed by atoms with Crippen LogP contribution >= 0.6 is 11.6 Å². The number of carbonyl (C=O) groups excluding carboxylic acids is 1. The van der Waals surface area contributed by atoms with E-state index in [1.54, 1.807) is 6.07 Å². The summed E-state index contributed by atoms with van der Waals surface area (Å²) in [5.74, 6) is 0. The molecular weight excluding hydrogens is 302 g/mol. The highest BCUT2D eigenvalue weighted by atomic mass is 35.5. The molecule has 3 rings (SSSR count). The highest BCUT2D eigenvalue weighted by molar-refractivity contribution is 6.33. The lowest BCUT2D eigenvalue weighted by Gasteiger charge is -2.35. The molecule has 0 spiro atoms. The molecule has 1 aromatic carbocycles. The number of para-hydroxylation sites is 1. The Balaban J connectivity index is 1.46. The Labute approximate surface area is 136 Å². The van der Waals surface area contributed by atoms with Crippen molar-refractivity contribution in [1.29, 1.82) is 0 Å². The highest BCUT2D eigenvalue weighted by Crippen LogP contribution is 2.21. The van der Waals surface area contributed by atoms with Crippen molar-refractivity contribution in [2.24, 2.45) is 0 Å². The lowest BCUT2D eigenvalue weighted by Crippen LogP contribution is -2.51. The van der Waals surface area contributed by atoms with Crippen molar-refractivity contribution in [2.45, 2.75) is 18.9 Å². The third-order valence-corrected chi connectivity index (χ3v) is 4.59. The molecule has 0 aliphatic carbocycles. The molecule has 2 heterocycles. The van der Waals surface area contributed by atoms with Gasteiger partial charge in [0, 0.05) is 39.3 Å². The number of urea groups is 1. The molecular formula is C16H22ClN3O2. The highest BCUT2D eigenvalue weighted by Gasteiger charge is 2.25. The first-order valence-electron chi connectivity index (χ1n) is 7.87. The molecule has 1 unspecified atom stereocenters. The summed E-state index contributed by atoms with van der Waals surface area (Å²) in [7, 11) is 0. The Bertz CT molecular complexity index is 512. The van der Waals surface area contributed by atoms with Gasteiger partial charge in [0.1, 0.15) is 0 Å². The molecule has 2 saturated heterocycles. The van der Waals surface area contributed by atoms with Crippen LogP contribution in [-0.4, -0.2) is 61.3 Å². The number of halogens is 1. The Morgan fingerprint density at radius 3 is 2.73 bits per heavy atom. The molecule has 5 nitrogen and oxygen atoms in total. The van der Waals surface area contributed by atoms with E-state index in [4.69, 9.17) is 16.3 Å². The molecule has 120 valence electrons. The first-order chi connectivity index (χ1) is 10.7. The van der Waals surface area contributed by atoms with Crippen LogP contribution in [0.1, 0.15) is 12.8 Å². The Kier molecular flexibility index (Phi) is 5.18. The molecule has 2 aliphatic rings. The number of nitrogens with one attached hydrogen (secondary N) is 1. The third kappa shape index (κ3) is 3.91. The van der Waals surface area contributed by atoms with Crippen molar-refractivity contribution in [3.63, 3.8) is 0 Å². The number of amides is 2. The smallest absolute Gasteiger partial charge is 0.321 e. The minimum Gasteiger partial charge on any atom is -0.377 e. The average molecular weight is 324 g/mol. The van der Waals surface area contributed by atoms with Crippen molar-refractivity contribution >= 4 is 23.3 Å². The molecule has 2 fully saturated rings. The molecule has 0 radical (unpaired) electrons. The van der Waals surface area contributed by atoms with E-state index >= 15 is 0 Å². The van der Waals surface area contributed by atoms with Crippen LogP contribution in [0.5, 0.6) is 0 Å². The molecule has 22 heavy (non-hydrogen) atoms. The van der Waals surface area contributed by atoms with E-state index in [1.165, 1.54) is 6.42 Å². The first-order valence-corrected chi connectivity index (χ1v) is 8.24. The summed E-state index contributed by atoms with van der Waals surface area (Å²) in [6.45, 7) is 5.16. The van der Waals surface area contributed by atoms with E-state index < -0.39 is 0 Å². The van der Waals surface area contributed by atoms with Crippen LogP contribution in [0.2, 0.25) is 5.02 Å². The fourth-order valence-corrected chi connectivity index (χ4v) is 3.15. The largest absolute Gasteiger partial charge is 0.377 e. The zero-order chi connectivity index (χ0) is 15.4. The van der Waals surface area contributed by atoms with E-state index in [0.717, 1.165) is 45.8 Å². The summed E-state index contributed by atoms with van der Waals surface area (Å²) < 4.78 is 5.67. The van der Waals surface area contributed by atoms with Crippen molar-refractivity contribution in [2.75, 3.05) is 44.6 Å². The number of hydrogen-bond donors (Lipinski definition) is 1. The fourth-order valence-electron chi connectivity index (χ4n) is 2.97. The van der Waals surface area contributed by atoms with Crippen molar-refractivity contribution in [1.82, 2.24) is 9.80 Å². The number of benzene rings is 1. The lowest BCUT2D eigenvalue weighted by molar-refractivity contribution is 0.0572. The fraction of sp³-hybridized carbons (Fsp3) is 0.562. The van der Waals surface area contributed by atoms with Gasteiger partial charge in [-0.25, -0.2) is 4.79 Å². The second-order valence-corrected chi connectivity index (χ2v) is 6.24. The predicted octanol–water partition coefficient (Wildman–Crippen LogP) is 2.67. The molecule has 6 heteroatoms. The van der Waals surface area contributed by atoms with Gasteiger partial charge in [0.15, 0.2) is 0 Å². The molecule has 1 aromatic rings. The Hall–Kier alpha value is -1.30. The summed E-state index contributed by atoms with van der Waals surface area (Å²) in [6, 6.07) is 7.22. The van der Waals surface area contributed by atoms with E-state index in [0.29, 0.717) is 16.8 Å². The minimum absolute atomic E-state index is 0.0788. The van der Waals surface area contributed by atoms with Gasteiger partial charge in [-0.2, -0.15) is 0 Å². The maximum atomic E-state index is 12.3. The lowest BCUT2D eigenvalue weighted by atomic mass is 10.2. The van der Waals surface area contributed by atoms with E-state index in [9.17, 15) is 4.79 Å². The second kappa shape index (κ2) is 7.31. The van der Waals surface area contributed by atoms with E-state index in [-0.39, 0.29) is 6.03 Å². The molecule has 0 bridgehead atoms. The quantitative estimate of drug-likeness (QED) is 0.930. The zero-order valence-electron chi connectivity index (χ0n) is 12.6. The minimum atomic E-state index is -0.0788. The normalized spacial score (nSPS) is 22.8. The van der Waals surface area contributed by atoms with Crippen molar-refractivity contribution in [3.8, 4) is 0 Å². The monoisotopic (exact) mass is 323 g/mol. The molecule has 0 aromatic heterocycles. The van der Waals surface area contributed by atoms with Crippen LogP contribution in [0.4, 0.5) is 10.5 Å². The van der Waals surface area contributed by atoms with Crippen LogP contribution in [-0.2, 0) is 4.74 Å². The maximum Gasteiger partial charge on any atom is 0.321 e. The van der Waals surface area contributed by atoms with Crippen LogP contribution in [0, 0.1) is 0 Å². The third-order valence-electron chi connectivity index (χ3n) is 4.26. The number of anilines is 1. The van der Waals surface area contributed by atoms with Gasteiger partial charge < -0.3 is 15.0 Å². The topological polar surface area (TPSA) is 44.8 Å². The summed E-state index contributed by atoms with van der Waals surface area (Å²) in [4.78, 5) is 16.5. The summed E-state index contributed by atoms with van der Waals surface area (Å²) in [6.07, 6.45) is 2.71. The summed E-state index contributed by atoms with van der Waals surface area (Å²) >= 11 is 6.07. The zero-order valence-corrected chi connectivity index (χ0v) is 13.4. The van der Waals surface area contributed by atoms with Gasteiger partial charge in [-0.3, -0.25) is 4.90 Å². The van der Waals surface area contributed by atoms with Gasteiger partial charge in [0.2, 0.25) is 0 Å². The number of piperazine rings is 1. The molecule has 1 atom stereocenters. The van der Waals surface area contributed by atoms with Gasteiger partial charge in [0.25, 0.3) is 0 Å². The first kappa shape index (κ1) is 15.6. The van der Waals surface area contributed by atoms with Gasteiger partial charge in [-0.05, 0) is 25.0 Å². The number of rotatable bonds is 3. The molecule has 0 saturated carbocycles. The Morgan fingerprint density at radius 1 is 1.27 bits per heavy atom. The number of ether oxygens (including phenoxy) is 1. The van der Waals surface area contributed by atoms with Gasteiger partial charge in [-0.15, -0.1) is 0 Å². The SMILES string of the molecule is O=C(Nc1ccccc1Cl)N1CCN(CC2CCCO2)CC1.